The van der Waals surface area contributed by atoms with Gasteiger partial charge in [0.25, 0.3) is 0 Å². The van der Waals surface area contributed by atoms with Gasteiger partial charge >= 0.3 is 0 Å². The molecule has 2 N–H and O–H groups in total. The zero-order valence-corrected chi connectivity index (χ0v) is 24.5. The number of ketones is 5. The van der Waals surface area contributed by atoms with E-state index in [0.29, 0.717) is 5.56 Å². The average molecular weight is 559 g/mol. The molecule has 2 saturated carbocycles. The number of aromatic hydroxyl groups is 1. The van der Waals surface area contributed by atoms with Gasteiger partial charge in [0, 0.05) is 11.3 Å². The Morgan fingerprint density at radius 3 is 2.34 bits per heavy atom. The number of carbonyl (C=O) groups excluding carboxylic acids is 5. The molecule has 3 unspecified atom stereocenters. The van der Waals surface area contributed by atoms with Crippen molar-refractivity contribution < 1.29 is 34.2 Å². The van der Waals surface area contributed by atoms with Crippen molar-refractivity contribution in [3.05, 3.63) is 53.1 Å². The molecule has 5 rings (SSSR count). The van der Waals surface area contributed by atoms with Crippen molar-refractivity contribution in [2.24, 2.45) is 34.5 Å². The Morgan fingerprint density at radius 2 is 1.73 bits per heavy atom. The zero-order valence-electron chi connectivity index (χ0n) is 24.5. The number of hydrogen-bond donors (Lipinski definition) is 2. The normalized spacial score (nSPS) is 32.9. The molecule has 216 valence electrons. The van der Waals surface area contributed by atoms with Gasteiger partial charge < -0.3 is 10.2 Å². The fourth-order valence-corrected chi connectivity index (χ4v) is 8.59. The predicted octanol–water partition coefficient (Wildman–Crippen LogP) is 4.71. The van der Waals surface area contributed by atoms with E-state index in [2.05, 4.69) is 13.0 Å². The number of carbonyl (C=O) groups is 5. The lowest BCUT2D eigenvalue weighted by Crippen LogP contribution is -2.76. The van der Waals surface area contributed by atoms with E-state index in [9.17, 15) is 34.2 Å². The van der Waals surface area contributed by atoms with Crippen molar-refractivity contribution in [3.63, 3.8) is 0 Å². The summed E-state index contributed by atoms with van der Waals surface area (Å²) in [5, 5.41) is 23.0. The molecule has 41 heavy (non-hydrogen) atoms. The molecule has 2 aromatic carbocycles. The number of Topliss-reactive ketones (excluding diaryl/α,β-unsaturated/α-hetero) is 5. The van der Waals surface area contributed by atoms with E-state index >= 15 is 0 Å². The molecule has 0 spiro atoms. The first-order chi connectivity index (χ1) is 19.1. The van der Waals surface area contributed by atoms with Crippen LogP contribution >= 0.6 is 0 Å². The molecule has 7 heteroatoms. The summed E-state index contributed by atoms with van der Waals surface area (Å²) in [7, 11) is 0. The number of rotatable bonds is 5. The summed E-state index contributed by atoms with van der Waals surface area (Å²) in [5.74, 6) is -8.83. The molecule has 0 bridgehead atoms. The van der Waals surface area contributed by atoms with Crippen LogP contribution in [0.1, 0.15) is 75.9 Å². The fourth-order valence-electron chi connectivity index (χ4n) is 8.59. The standard InChI is InChI=1S/C34H38O7/c1-7-9-19-10-8-11-20(14-19)21-12-13-23(36)25-22(21)15-32(5)16-33(6)26(17(2)3)28(37)24(18(4)35)30(39)34(33,41)31(40)27(32)29(25)38/h8,10-14,17,24,26-27,36,41H,7,9,15-16H2,1-6H3/t24?,26?,27?,32-,33-,34+/m1/s1. The van der Waals surface area contributed by atoms with Crippen LogP contribution in [0.3, 0.4) is 0 Å². The molecule has 0 heterocycles. The molecule has 6 atom stereocenters. The number of phenolic OH excluding ortho intramolecular Hbond substituents is 1. The Bertz CT molecular complexity index is 1520. The van der Waals surface area contributed by atoms with Crippen LogP contribution in [0.2, 0.25) is 0 Å². The van der Waals surface area contributed by atoms with E-state index < -0.39 is 63.1 Å². The lowest BCUT2D eigenvalue weighted by molar-refractivity contribution is -0.205. The van der Waals surface area contributed by atoms with Gasteiger partial charge in [0.15, 0.2) is 28.7 Å². The third-order valence-corrected chi connectivity index (χ3v) is 10.0. The van der Waals surface area contributed by atoms with Crippen molar-refractivity contribution >= 4 is 28.9 Å². The third kappa shape index (κ3) is 3.84. The highest BCUT2D eigenvalue weighted by molar-refractivity contribution is 6.32. The minimum Gasteiger partial charge on any atom is -0.507 e. The lowest BCUT2D eigenvalue weighted by atomic mass is 9.40. The quantitative estimate of drug-likeness (QED) is 0.509. The van der Waals surface area contributed by atoms with Crippen LogP contribution < -0.4 is 0 Å². The highest BCUT2D eigenvalue weighted by atomic mass is 16.3. The molecule has 3 aliphatic carbocycles. The summed E-state index contributed by atoms with van der Waals surface area (Å²) in [6.45, 7) is 10.1. The summed E-state index contributed by atoms with van der Waals surface area (Å²) in [4.78, 5) is 68.5. The Labute approximate surface area is 240 Å². The minimum absolute atomic E-state index is 0.0225. The van der Waals surface area contributed by atoms with Gasteiger partial charge in [-0.1, -0.05) is 71.4 Å². The summed E-state index contributed by atoms with van der Waals surface area (Å²) < 4.78 is 0. The van der Waals surface area contributed by atoms with E-state index in [1.165, 1.54) is 6.07 Å². The van der Waals surface area contributed by atoms with Gasteiger partial charge in [0.2, 0.25) is 0 Å². The van der Waals surface area contributed by atoms with E-state index in [0.717, 1.165) is 36.5 Å². The van der Waals surface area contributed by atoms with Gasteiger partial charge in [0.05, 0.1) is 11.5 Å². The van der Waals surface area contributed by atoms with Gasteiger partial charge in [-0.15, -0.1) is 0 Å². The number of aliphatic hydroxyl groups is 1. The zero-order chi connectivity index (χ0) is 30.2. The van der Waals surface area contributed by atoms with Crippen molar-refractivity contribution in [3.8, 4) is 16.9 Å². The molecular weight excluding hydrogens is 520 g/mol. The molecular formula is C34H38O7. The second kappa shape index (κ2) is 9.55. The first-order valence-corrected chi connectivity index (χ1v) is 14.5. The third-order valence-electron chi connectivity index (χ3n) is 10.0. The molecule has 0 saturated heterocycles. The molecule has 2 fully saturated rings. The molecule has 2 aromatic rings. The SMILES string of the molecule is CCCc1cccc(-c2ccc(O)c3c2C[C@]2(C)C[C@]4(C)C(C(C)C)C(=O)C(C(C)=O)C(=O)[C@]4(O)C(=O)C2C3=O)c1. The highest BCUT2D eigenvalue weighted by Gasteiger charge is 2.76. The van der Waals surface area contributed by atoms with Crippen LogP contribution in [-0.4, -0.2) is 44.7 Å². The van der Waals surface area contributed by atoms with Crippen LogP contribution in [0, 0.1) is 34.5 Å². The van der Waals surface area contributed by atoms with Gasteiger partial charge in [-0.25, -0.2) is 0 Å². The molecule has 3 aliphatic rings. The Morgan fingerprint density at radius 1 is 1.05 bits per heavy atom. The molecule has 0 aromatic heterocycles. The van der Waals surface area contributed by atoms with E-state index in [1.807, 2.05) is 18.2 Å². The number of benzene rings is 2. The smallest absolute Gasteiger partial charge is 0.190 e. The maximum atomic E-state index is 14.4. The monoisotopic (exact) mass is 558 g/mol. The van der Waals surface area contributed by atoms with Crippen LogP contribution in [0.15, 0.2) is 36.4 Å². The summed E-state index contributed by atoms with van der Waals surface area (Å²) in [5.41, 5.74) is -1.83. The minimum atomic E-state index is -2.69. The first-order valence-electron chi connectivity index (χ1n) is 14.5. The van der Waals surface area contributed by atoms with E-state index in [4.69, 9.17) is 0 Å². The maximum absolute atomic E-state index is 14.4. The van der Waals surface area contributed by atoms with E-state index in [1.54, 1.807) is 33.8 Å². The number of hydrogen-bond acceptors (Lipinski definition) is 7. The fraction of sp³-hybridized carbons (Fsp3) is 0.500. The Hall–Kier alpha value is -3.45. The number of aryl methyl sites for hydroxylation is 1. The second-order valence-electron chi connectivity index (χ2n) is 13.3. The lowest BCUT2D eigenvalue weighted by Gasteiger charge is -2.61. The van der Waals surface area contributed by atoms with Crippen LogP contribution in [0.4, 0.5) is 0 Å². The summed E-state index contributed by atoms with van der Waals surface area (Å²) >= 11 is 0. The highest BCUT2D eigenvalue weighted by Crippen LogP contribution is 2.64. The van der Waals surface area contributed by atoms with Gasteiger partial charge in [0.1, 0.15) is 17.5 Å². The second-order valence-corrected chi connectivity index (χ2v) is 13.3. The Kier molecular flexibility index (Phi) is 6.77. The maximum Gasteiger partial charge on any atom is 0.190 e. The predicted molar refractivity (Wildman–Crippen MR) is 152 cm³/mol. The first kappa shape index (κ1) is 29.1. The van der Waals surface area contributed by atoms with Gasteiger partial charge in [-0.3, -0.25) is 24.0 Å². The van der Waals surface area contributed by atoms with Crippen LogP contribution in [0.5, 0.6) is 5.75 Å². The van der Waals surface area contributed by atoms with Crippen LogP contribution in [-0.2, 0) is 32.0 Å². The average Bonchev–Trinajstić information content (AvgIpc) is 2.86. The number of phenols is 1. The topological polar surface area (TPSA) is 126 Å². The van der Waals surface area contributed by atoms with Gasteiger partial charge in [-0.05, 0) is 65.8 Å². The summed E-state index contributed by atoms with van der Waals surface area (Å²) in [6.07, 6.45) is 2.12. The molecule has 0 aliphatic heterocycles. The summed E-state index contributed by atoms with van der Waals surface area (Å²) in [6, 6.07) is 11.2. The molecule has 7 nitrogen and oxygen atoms in total. The van der Waals surface area contributed by atoms with Crippen molar-refractivity contribution in [1.82, 2.24) is 0 Å². The molecule has 0 amide bonds. The van der Waals surface area contributed by atoms with Crippen molar-refractivity contribution in [2.45, 2.75) is 72.8 Å². The van der Waals surface area contributed by atoms with Crippen molar-refractivity contribution in [2.75, 3.05) is 0 Å². The van der Waals surface area contributed by atoms with Crippen LogP contribution in [0.25, 0.3) is 11.1 Å². The molecule has 0 radical (unpaired) electrons. The van der Waals surface area contributed by atoms with Crippen molar-refractivity contribution in [1.29, 1.82) is 0 Å². The largest absolute Gasteiger partial charge is 0.507 e. The van der Waals surface area contributed by atoms with Gasteiger partial charge in [-0.2, -0.15) is 0 Å². The number of fused-ring (bicyclic) bond motifs is 3. The Balaban J connectivity index is 1.72. The van der Waals surface area contributed by atoms with E-state index in [-0.39, 0.29) is 30.1 Å².